The molecule has 0 aliphatic carbocycles. The third kappa shape index (κ3) is 2.42. The van der Waals surface area contributed by atoms with Gasteiger partial charge in [0, 0.05) is 12.6 Å². The van der Waals surface area contributed by atoms with Crippen molar-refractivity contribution >= 4 is 27.1 Å². The van der Waals surface area contributed by atoms with Crippen molar-refractivity contribution < 1.29 is 22.7 Å². The largest absolute Gasteiger partial charge is 0.480 e. The van der Waals surface area contributed by atoms with Crippen LogP contribution in [0.1, 0.15) is 19.3 Å². The summed E-state index contributed by atoms with van der Waals surface area (Å²) in [4.78, 5) is 24.8. The summed E-state index contributed by atoms with van der Waals surface area (Å²) in [6, 6.07) is 2.92. The summed E-state index contributed by atoms with van der Waals surface area (Å²) in [7, 11) is -3.96. The average molecular weight is 326 g/mol. The molecule has 2 heterocycles. The van der Waals surface area contributed by atoms with Gasteiger partial charge in [-0.15, -0.1) is 0 Å². The van der Waals surface area contributed by atoms with Crippen LogP contribution < -0.4 is 5.76 Å². The topological polar surface area (TPSA) is 121 Å². The van der Waals surface area contributed by atoms with E-state index in [4.69, 9.17) is 4.42 Å². The Morgan fingerprint density at radius 2 is 2.14 bits per heavy atom. The van der Waals surface area contributed by atoms with E-state index in [9.17, 15) is 23.1 Å². The second-order valence-corrected chi connectivity index (χ2v) is 7.03. The maximum atomic E-state index is 12.7. The number of nitrogens with zero attached hydrogens (tertiary/aromatic N) is 1. The number of oxazole rings is 1. The highest BCUT2D eigenvalue weighted by atomic mass is 32.2. The molecule has 1 aliphatic heterocycles. The second-order valence-electron chi connectivity index (χ2n) is 5.14. The molecule has 1 aliphatic rings. The normalized spacial score (nSPS) is 20.3. The van der Waals surface area contributed by atoms with Crippen LogP contribution in [0.15, 0.2) is 32.3 Å². The van der Waals surface area contributed by atoms with Crippen LogP contribution in [-0.2, 0) is 14.8 Å². The highest BCUT2D eigenvalue weighted by Crippen LogP contribution is 2.27. The summed E-state index contributed by atoms with van der Waals surface area (Å²) < 4.78 is 31.2. The average Bonchev–Trinajstić information content (AvgIpc) is 2.86. The van der Waals surface area contributed by atoms with Gasteiger partial charge in [0.1, 0.15) is 6.04 Å². The Bertz CT molecular complexity index is 881. The number of sulfonamides is 1. The minimum atomic E-state index is -3.96. The van der Waals surface area contributed by atoms with Gasteiger partial charge in [0.05, 0.1) is 10.4 Å². The van der Waals surface area contributed by atoms with Crippen molar-refractivity contribution in [3.05, 3.63) is 28.7 Å². The second kappa shape index (κ2) is 5.25. The van der Waals surface area contributed by atoms with Gasteiger partial charge < -0.3 is 9.52 Å². The minimum absolute atomic E-state index is 0.0871. The lowest BCUT2D eigenvalue weighted by atomic mass is 10.1. The van der Waals surface area contributed by atoms with Gasteiger partial charge in [0.2, 0.25) is 10.0 Å². The molecule has 1 aromatic heterocycles. The van der Waals surface area contributed by atoms with Crippen LogP contribution in [0, 0.1) is 0 Å². The molecule has 0 amide bonds. The van der Waals surface area contributed by atoms with Gasteiger partial charge in [-0.2, -0.15) is 4.31 Å². The molecule has 118 valence electrons. The molecule has 0 unspecified atom stereocenters. The van der Waals surface area contributed by atoms with Crippen LogP contribution in [0.4, 0.5) is 0 Å². The molecule has 0 saturated carbocycles. The quantitative estimate of drug-likeness (QED) is 0.858. The van der Waals surface area contributed by atoms with Crippen molar-refractivity contribution in [1.29, 1.82) is 0 Å². The summed E-state index contributed by atoms with van der Waals surface area (Å²) in [5.41, 5.74) is 0.507. The van der Waals surface area contributed by atoms with Crippen molar-refractivity contribution in [2.24, 2.45) is 0 Å². The molecular weight excluding hydrogens is 312 g/mol. The fourth-order valence-electron chi connectivity index (χ4n) is 2.66. The molecule has 8 nitrogen and oxygen atoms in total. The lowest BCUT2D eigenvalue weighted by Gasteiger charge is -2.31. The summed E-state index contributed by atoms with van der Waals surface area (Å²) >= 11 is 0. The van der Waals surface area contributed by atoms with E-state index in [1.165, 1.54) is 18.2 Å². The number of H-pyrrole nitrogens is 1. The van der Waals surface area contributed by atoms with Crippen LogP contribution in [-0.4, -0.2) is 41.4 Å². The molecular formula is C13H14N2O6S. The molecule has 0 bridgehead atoms. The maximum Gasteiger partial charge on any atom is 0.417 e. The predicted octanol–water partition coefficient (Wildman–Crippen LogP) is 0.749. The molecule has 1 fully saturated rings. The van der Waals surface area contributed by atoms with E-state index in [2.05, 4.69) is 4.98 Å². The third-order valence-electron chi connectivity index (χ3n) is 3.74. The highest BCUT2D eigenvalue weighted by molar-refractivity contribution is 7.89. The molecule has 0 spiro atoms. The Kier molecular flexibility index (Phi) is 3.53. The van der Waals surface area contributed by atoms with Crippen molar-refractivity contribution in [3.63, 3.8) is 0 Å². The first-order valence-electron chi connectivity index (χ1n) is 6.77. The summed E-state index contributed by atoms with van der Waals surface area (Å²) in [6.07, 6.45) is 1.58. The smallest absolute Gasteiger partial charge is 0.417 e. The number of rotatable bonds is 3. The number of piperidine rings is 1. The number of carbonyl (C=O) groups is 1. The first kappa shape index (κ1) is 14.8. The predicted molar refractivity (Wildman–Crippen MR) is 76.0 cm³/mol. The van der Waals surface area contributed by atoms with Crippen molar-refractivity contribution in [1.82, 2.24) is 9.29 Å². The third-order valence-corrected chi connectivity index (χ3v) is 5.64. The number of carboxylic acids is 1. The summed E-state index contributed by atoms with van der Waals surface area (Å²) in [6.45, 7) is 0.161. The van der Waals surface area contributed by atoms with E-state index >= 15 is 0 Å². The SMILES string of the molecule is O=C(O)[C@H]1CCCCN1S(=O)(=O)c1ccc2[nH]c(=O)oc2c1. The van der Waals surface area contributed by atoms with Crippen LogP contribution >= 0.6 is 0 Å². The number of carboxylic acid groups (broad SMARTS) is 1. The zero-order valence-corrected chi connectivity index (χ0v) is 12.3. The monoisotopic (exact) mass is 326 g/mol. The summed E-state index contributed by atoms with van der Waals surface area (Å²) in [5.74, 6) is -1.83. The number of aromatic amines is 1. The van der Waals surface area contributed by atoms with Crippen LogP contribution in [0.25, 0.3) is 11.1 Å². The Hall–Kier alpha value is -2.13. The Balaban J connectivity index is 2.06. The van der Waals surface area contributed by atoms with Crippen molar-refractivity contribution in [3.8, 4) is 0 Å². The number of aliphatic carboxylic acids is 1. The van der Waals surface area contributed by atoms with E-state index in [1.54, 1.807) is 0 Å². The van der Waals surface area contributed by atoms with Gasteiger partial charge in [-0.3, -0.25) is 9.78 Å². The van der Waals surface area contributed by atoms with Gasteiger partial charge in [-0.1, -0.05) is 0 Å². The van der Waals surface area contributed by atoms with Crippen LogP contribution in [0.2, 0.25) is 0 Å². The molecule has 3 rings (SSSR count). The van der Waals surface area contributed by atoms with Crippen molar-refractivity contribution in [2.75, 3.05) is 6.54 Å². The number of nitrogens with one attached hydrogen (secondary N) is 1. The number of hydrogen-bond donors (Lipinski definition) is 2. The van der Waals surface area contributed by atoms with E-state index in [1.807, 2.05) is 0 Å². The molecule has 9 heteroatoms. The summed E-state index contributed by atoms with van der Waals surface area (Å²) in [5, 5.41) is 9.22. The lowest BCUT2D eigenvalue weighted by Crippen LogP contribution is -2.47. The van der Waals surface area contributed by atoms with E-state index in [0.29, 0.717) is 18.4 Å². The van der Waals surface area contributed by atoms with Crippen LogP contribution in [0.3, 0.4) is 0 Å². The molecule has 2 N–H and O–H groups in total. The molecule has 1 aromatic carbocycles. The van der Waals surface area contributed by atoms with Gasteiger partial charge in [-0.25, -0.2) is 13.2 Å². The van der Waals surface area contributed by atoms with E-state index < -0.39 is 27.8 Å². The number of fused-ring (bicyclic) bond motifs is 1. The minimum Gasteiger partial charge on any atom is -0.480 e. The Labute approximate surface area is 125 Å². The zero-order chi connectivity index (χ0) is 15.9. The lowest BCUT2D eigenvalue weighted by molar-refractivity contribution is -0.142. The standard InChI is InChI=1S/C13H14N2O6S/c16-12(17)10-3-1-2-6-15(10)22(19,20)8-4-5-9-11(7-8)21-13(18)14-9/h4-5,7,10H,1-3,6H2,(H,14,18)(H,16,17)/t10-/m1/s1. The van der Waals surface area contributed by atoms with Gasteiger partial charge in [0.25, 0.3) is 0 Å². The zero-order valence-electron chi connectivity index (χ0n) is 11.5. The maximum absolute atomic E-state index is 12.7. The van der Waals surface area contributed by atoms with Gasteiger partial charge in [-0.05, 0) is 31.4 Å². The van der Waals surface area contributed by atoms with Gasteiger partial charge >= 0.3 is 11.7 Å². The molecule has 22 heavy (non-hydrogen) atoms. The number of hydrogen-bond acceptors (Lipinski definition) is 5. The first-order chi connectivity index (χ1) is 10.4. The highest BCUT2D eigenvalue weighted by Gasteiger charge is 2.37. The molecule has 2 aromatic rings. The van der Waals surface area contributed by atoms with Crippen molar-refractivity contribution in [2.45, 2.75) is 30.2 Å². The number of aromatic nitrogens is 1. The van der Waals surface area contributed by atoms with Crippen LogP contribution in [0.5, 0.6) is 0 Å². The molecule has 1 saturated heterocycles. The van der Waals surface area contributed by atoms with E-state index in [0.717, 1.165) is 4.31 Å². The van der Waals surface area contributed by atoms with Gasteiger partial charge in [0.15, 0.2) is 5.58 Å². The Morgan fingerprint density at radius 1 is 1.36 bits per heavy atom. The fourth-order valence-corrected chi connectivity index (χ4v) is 4.33. The first-order valence-corrected chi connectivity index (χ1v) is 8.21. The number of benzene rings is 1. The Morgan fingerprint density at radius 3 is 2.86 bits per heavy atom. The molecule has 0 radical (unpaired) electrons. The molecule has 1 atom stereocenters. The van der Waals surface area contributed by atoms with E-state index in [-0.39, 0.29) is 23.4 Å². The fraction of sp³-hybridized carbons (Fsp3) is 0.385.